The van der Waals surface area contributed by atoms with Crippen molar-refractivity contribution >= 4 is 0 Å². The lowest BCUT2D eigenvalue weighted by Crippen LogP contribution is -2.29. The molecule has 0 amide bonds. The fraction of sp³-hybridized carbons (Fsp3) is 1.00. The Kier molecular flexibility index (Phi) is 6.63. The fourth-order valence-electron chi connectivity index (χ4n) is 5.60. The van der Waals surface area contributed by atoms with E-state index in [9.17, 15) is 0 Å². The Hall–Kier alpha value is 0. The van der Waals surface area contributed by atoms with Gasteiger partial charge in [0.25, 0.3) is 0 Å². The summed E-state index contributed by atoms with van der Waals surface area (Å²) in [5, 5.41) is 0. The van der Waals surface area contributed by atoms with Crippen LogP contribution >= 0.6 is 0 Å². The molecule has 0 spiro atoms. The van der Waals surface area contributed by atoms with Crippen molar-refractivity contribution in [2.24, 2.45) is 35.5 Å². The summed E-state index contributed by atoms with van der Waals surface area (Å²) in [6.07, 6.45) is 18.6. The number of hydrogen-bond donors (Lipinski definition) is 0. The first-order chi connectivity index (χ1) is 9.72. The molecule has 3 saturated carbocycles. The van der Waals surface area contributed by atoms with Crippen LogP contribution in [0.25, 0.3) is 0 Å². The molecular weight excluding hydrogens is 252 g/mol. The van der Waals surface area contributed by atoms with Crippen molar-refractivity contribution in [2.75, 3.05) is 0 Å². The van der Waals surface area contributed by atoms with E-state index < -0.39 is 0 Å². The van der Waals surface area contributed by atoms with Crippen LogP contribution in [-0.4, -0.2) is 0 Å². The van der Waals surface area contributed by atoms with Crippen molar-refractivity contribution in [3.63, 3.8) is 0 Å². The molecule has 0 radical (unpaired) electrons. The molecule has 0 atom stereocenters. The lowest BCUT2D eigenvalue weighted by atomic mass is 9.65. The van der Waals surface area contributed by atoms with Crippen LogP contribution in [0.15, 0.2) is 0 Å². The molecule has 3 aliphatic rings. The van der Waals surface area contributed by atoms with Crippen LogP contribution in [0.2, 0.25) is 0 Å². The molecule has 130 valence electrons. The minimum atomic E-state index is 0. The van der Waals surface area contributed by atoms with E-state index in [2.05, 4.69) is 13.8 Å². The highest BCUT2D eigenvalue weighted by atomic mass is 14.4. The molecule has 0 aliphatic heterocycles. The first-order valence-electron chi connectivity index (χ1n) is 9.72. The van der Waals surface area contributed by atoms with E-state index in [-0.39, 0.29) is 11.7 Å². The van der Waals surface area contributed by atoms with Gasteiger partial charge < -0.3 is 0 Å². The molecule has 21 heavy (non-hydrogen) atoms. The Labute approximate surface area is 138 Å². The summed E-state index contributed by atoms with van der Waals surface area (Å²) in [6, 6.07) is 0. The summed E-state index contributed by atoms with van der Waals surface area (Å²) in [6.45, 7) is 4.91. The largest absolute Gasteiger partial charge is 0.0776 e. The zero-order valence-electron chi connectivity index (χ0n) is 13.9. The SMILES string of the molecule is C.CC1CCC(C2CCC(C3CCC(C)CC3)CC2)CC1.[HH].[HH].[HH]. The van der Waals surface area contributed by atoms with Crippen molar-refractivity contribution < 1.29 is 4.28 Å². The van der Waals surface area contributed by atoms with Crippen molar-refractivity contribution in [1.29, 1.82) is 0 Å². The van der Waals surface area contributed by atoms with E-state index in [1.54, 1.807) is 51.4 Å². The Morgan fingerprint density at radius 3 is 0.857 bits per heavy atom. The third-order valence-electron chi connectivity index (χ3n) is 7.27. The second-order valence-corrected chi connectivity index (χ2v) is 8.71. The third-order valence-corrected chi connectivity index (χ3v) is 7.27. The first kappa shape index (κ1) is 17.4. The molecule has 3 fully saturated rings. The molecule has 0 heterocycles. The highest BCUT2D eigenvalue weighted by molar-refractivity contribution is 4.85. The van der Waals surface area contributed by atoms with Crippen LogP contribution in [0.5, 0.6) is 0 Å². The van der Waals surface area contributed by atoms with E-state index in [0.717, 1.165) is 35.5 Å². The van der Waals surface area contributed by atoms with Crippen LogP contribution in [0.4, 0.5) is 0 Å². The van der Waals surface area contributed by atoms with Gasteiger partial charge >= 0.3 is 0 Å². The maximum atomic E-state index is 2.46. The molecule has 0 aromatic heterocycles. The normalized spacial score (nSPS) is 44.9. The number of rotatable bonds is 2. The van der Waals surface area contributed by atoms with Gasteiger partial charge in [0, 0.05) is 4.28 Å². The Bertz CT molecular complexity index is 253. The van der Waals surface area contributed by atoms with Gasteiger partial charge in [0.05, 0.1) is 0 Å². The quantitative estimate of drug-likeness (QED) is 0.487. The van der Waals surface area contributed by atoms with E-state index in [0.29, 0.717) is 0 Å². The summed E-state index contributed by atoms with van der Waals surface area (Å²) in [5.41, 5.74) is 0. The molecule has 0 unspecified atom stereocenters. The highest BCUT2D eigenvalue weighted by Crippen LogP contribution is 2.45. The molecule has 3 rings (SSSR count). The van der Waals surface area contributed by atoms with Crippen LogP contribution in [-0.2, 0) is 0 Å². The summed E-state index contributed by atoms with van der Waals surface area (Å²) >= 11 is 0. The summed E-state index contributed by atoms with van der Waals surface area (Å²) in [7, 11) is 0. The average Bonchev–Trinajstić information content (AvgIpc) is 2.49. The van der Waals surface area contributed by atoms with Gasteiger partial charge in [0.1, 0.15) is 0 Å². The molecule has 0 aromatic carbocycles. The molecule has 0 aromatic rings. The van der Waals surface area contributed by atoms with Crippen LogP contribution in [0.1, 0.15) is 103 Å². The predicted octanol–water partition coefficient (Wildman–Crippen LogP) is 7.82. The number of hydrogen-bond acceptors (Lipinski definition) is 0. The van der Waals surface area contributed by atoms with Gasteiger partial charge in [-0.1, -0.05) is 47.0 Å². The predicted molar refractivity (Wildman–Crippen MR) is 101 cm³/mol. The maximum Gasteiger partial charge on any atom is 0 e. The Morgan fingerprint density at radius 1 is 0.429 bits per heavy atom. The topological polar surface area (TPSA) is 0 Å². The van der Waals surface area contributed by atoms with Gasteiger partial charge in [-0.25, -0.2) is 0 Å². The van der Waals surface area contributed by atoms with Crippen LogP contribution in [0, 0.1) is 35.5 Å². The third kappa shape index (κ3) is 4.49. The Morgan fingerprint density at radius 2 is 0.619 bits per heavy atom. The molecule has 0 N–H and O–H groups in total. The second kappa shape index (κ2) is 8.02. The first-order valence-corrected chi connectivity index (χ1v) is 9.72. The van der Waals surface area contributed by atoms with Gasteiger partial charge in [0.15, 0.2) is 0 Å². The van der Waals surface area contributed by atoms with Gasteiger partial charge in [-0.15, -0.1) is 0 Å². The molecule has 0 bridgehead atoms. The zero-order valence-corrected chi connectivity index (χ0v) is 13.9. The zero-order chi connectivity index (χ0) is 13.9. The monoisotopic (exact) mass is 298 g/mol. The standard InChI is InChI=1S/C20H36.CH4.3H2/c1-15-3-7-17(8-4-15)19-11-13-20(14-12-19)18-9-5-16(2)6-10-18;;;;/h15-20H,3-14H2,1-2H3;1H4;3*1H. The smallest absolute Gasteiger partial charge is 0 e. The van der Waals surface area contributed by atoms with Gasteiger partial charge in [0.2, 0.25) is 0 Å². The van der Waals surface area contributed by atoms with E-state index in [4.69, 9.17) is 0 Å². The van der Waals surface area contributed by atoms with Crippen molar-refractivity contribution in [2.45, 2.75) is 98.3 Å². The Balaban J connectivity index is 0. The maximum absolute atomic E-state index is 2.46. The minimum absolute atomic E-state index is 0. The summed E-state index contributed by atoms with van der Waals surface area (Å²) < 4.78 is 0. The van der Waals surface area contributed by atoms with E-state index >= 15 is 0 Å². The molecule has 0 heteroatoms. The van der Waals surface area contributed by atoms with E-state index in [1.165, 1.54) is 25.7 Å². The fourth-order valence-corrected chi connectivity index (χ4v) is 5.60. The average molecular weight is 299 g/mol. The molecule has 3 aliphatic carbocycles. The second-order valence-electron chi connectivity index (χ2n) is 8.71. The van der Waals surface area contributed by atoms with Gasteiger partial charge in [-0.2, -0.15) is 0 Å². The van der Waals surface area contributed by atoms with E-state index in [1.807, 2.05) is 0 Å². The summed E-state index contributed by atoms with van der Waals surface area (Å²) in [4.78, 5) is 0. The molecule has 0 nitrogen and oxygen atoms in total. The van der Waals surface area contributed by atoms with Crippen molar-refractivity contribution in [3.8, 4) is 0 Å². The van der Waals surface area contributed by atoms with Gasteiger partial charge in [-0.05, 0) is 86.9 Å². The summed E-state index contributed by atoms with van der Waals surface area (Å²) in [5.74, 6) is 6.48. The van der Waals surface area contributed by atoms with Crippen LogP contribution < -0.4 is 0 Å². The highest BCUT2D eigenvalue weighted by Gasteiger charge is 2.33. The van der Waals surface area contributed by atoms with Gasteiger partial charge in [-0.3, -0.25) is 0 Å². The molecular formula is C21H46. The lowest BCUT2D eigenvalue weighted by molar-refractivity contribution is 0.108. The lowest BCUT2D eigenvalue weighted by Gasteiger charge is -2.41. The van der Waals surface area contributed by atoms with Crippen molar-refractivity contribution in [3.05, 3.63) is 0 Å². The van der Waals surface area contributed by atoms with Crippen molar-refractivity contribution in [1.82, 2.24) is 0 Å². The molecule has 0 saturated heterocycles. The minimum Gasteiger partial charge on any atom is -0.0776 e. The van der Waals surface area contributed by atoms with Crippen LogP contribution in [0.3, 0.4) is 0 Å².